The van der Waals surface area contributed by atoms with Crippen LogP contribution in [-0.2, 0) is 5.41 Å². The summed E-state index contributed by atoms with van der Waals surface area (Å²) >= 11 is 0. The molecule has 2 rings (SSSR count). The van der Waals surface area contributed by atoms with Crippen molar-refractivity contribution in [2.45, 2.75) is 26.2 Å². The number of carbonyl (C=O) groups excluding carboxylic acids is 1. The fourth-order valence-corrected chi connectivity index (χ4v) is 2.18. The van der Waals surface area contributed by atoms with Crippen LogP contribution in [0.3, 0.4) is 0 Å². The summed E-state index contributed by atoms with van der Waals surface area (Å²) in [5, 5.41) is 0. The van der Waals surface area contributed by atoms with Crippen LogP contribution >= 0.6 is 0 Å². The van der Waals surface area contributed by atoms with Crippen molar-refractivity contribution in [2.24, 2.45) is 11.7 Å². The molecule has 1 heterocycles. The van der Waals surface area contributed by atoms with E-state index in [1.807, 2.05) is 29.2 Å². The molecule has 1 aromatic rings. The molecule has 1 aromatic carbocycles. The van der Waals surface area contributed by atoms with Gasteiger partial charge in [0.15, 0.2) is 0 Å². The van der Waals surface area contributed by atoms with Gasteiger partial charge in [-0.15, -0.1) is 0 Å². The van der Waals surface area contributed by atoms with Crippen molar-refractivity contribution in [3.63, 3.8) is 0 Å². The summed E-state index contributed by atoms with van der Waals surface area (Å²) in [6, 6.07) is 7.96. The Hall–Kier alpha value is -1.35. The summed E-state index contributed by atoms with van der Waals surface area (Å²) in [5.74, 6) is 0.614. The van der Waals surface area contributed by atoms with E-state index >= 15 is 0 Å². The molecular weight excluding hydrogens is 224 g/mol. The average Bonchev–Trinajstić information content (AvgIpc) is 2.26. The zero-order valence-corrected chi connectivity index (χ0v) is 11.4. The molecule has 0 aliphatic carbocycles. The highest BCUT2D eigenvalue weighted by Gasteiger charge is 2.30. The minimum Gasteiger partial charge on any atom is -0.338 e. The number of nitrogens with zero attached hydrogens (tertiary/aromatic N) is 1. The Morgan fingerprint density at radius 3 is 2.28 bits per heavy atom. The van der Waals surface area contributed by atoms with E-state index < -0.39 is 0 Å². The molecule has 1 fully saturated rings. The Morgan fingerprint density at radius 2 is 1.83 bits per heavy atom. The Morgan fingerprint density at radius 1 is 1.28 bits per heavy atom. The molecule has 1 aliphatic heterocycles. The fourth-order valence-electron chi connectivity index (χ4n) is 2.18. The van der Waals surface area contributed by atoms with Crippen molar-refractivity contribution in [1.29, 1.82) is 0 Å². The van der Waals surface area contributed by atoms with Gasteiger partial charge in [0.05, 0.1) is 0 Å². The molecule has 0 saturated carbocycles. The number of hydrogen-bond donors (Lipinski definition) is 1. The molecule has 0 atom stereocenters. The molecule has 0 radical (unpaired) electrons. The molecule has 1 amide bonds. The average molecular weight is 246 g/mol. The van der Waals surface area contributed by atoms with E-state index in [2.05, 4.69) is 20.8 Å². The summed E-state index contributed by atoms with van der Waals surface area (Å²) < 4.78 is 0. The van der Waals surface area contributed by atoms with Gasteiger partial charge in [0.1, 0.15) is 0 Å². The van der Waals surface area contributed by atoms with E-state index in [9.17, 15) is 4.79 Å². The molecule has 0 bridgehead atoms. The second-order valence-electron chi connectivity index (χ2n) is 6.14. The number of rotatable bonds is 2. The quantitative estimate of drug-likeness (QED) is 0.867. The van der Waals surface area contributed by atoms with Gasteiger partial charge in [-0.2, -0.15) is 0 Å². The van der Waals surface area contributed by atoms with Crippen LogP contribution in [0.25, 0.3) is 0 Å². The van der Waals surface area contributed by atoms with Crippen molar-refractivity contribution >= 4 is 5.91 Å². The Labute approximate surface area is 109 Å². The van der Waals surface area contributed by atoms with Crippen LogP contribution in [0.4, 0.5) is 0 Å². The van der Waals surface area contributed by atoms with E-state index in [1.54, 1.807) is 0 Å². The number of likely N-dealkylation sites (tertiary alicyclic amines) is 1. The van der Waals surface area contributed by atoms with Gasteiger partial charge in [-0.25, -0.2) is 0 Å². The lowest BCUT2D eigenvalue weighted by Gasteiger charge is -2.38. The normalized spacial score (nSPS) is 16.6. The molecule has 3 heteroatoms. The summed E-state index contributed by atoms with van der Waals surface area (Å²) in [6.45, 7) is 8.79. The second-order valence-corrected chi connectivity index (χ2v) is 6.14. The lowest BCUT2D eigenvalue weighted by atomic mass is 9.86. The highest BCUT2D eigenvalue weighted by molar-refractivity contribution is 5.94. The second kappa shape index (κ2) is 4.73. The largest absolute Gasteiger partial charge is 0.338 e. The van der Waals surface area contributed by atoms with Crippen molar-refractivity contribution in [2.75, 3.05) is 19.6 Å². The van der Waals surface area contributed by atoms with Crippen LogP contribution in [0.5, 0.6) is 0 Å². The first-order valence-electron chi connectivity index (χ1n) is 6.51. The summed E-state index contributed by atoms with van der Waals surface area (Å²) in [6.07, 6.45) is 0. The highest BCUT2D eigenvalue weighted by atomic mass is 16.2. The van der Waals surface area contributed by atoms with Gasteiger partial charge in [0, 0.05) is 24.6 Å². The minimum absolute atomic E-state index is 0.125. The SMILES string of the molecule is CC(C)(C)c1ccc(C(=O)N2CC(CN)C2)cc1. The number of benzene rings is 1. The van der Waals surface area contributed by atoms with Crippen LogP contribution < -0.4 is 5.73 Å². The van der Waals surface area contributed by atoms with Gasteiger partial charge in [-0.1, -0.05) is 32.9 Å². The van der Waals surface area contributed by atoms with Crippen molar-refractivity contribution in [3.05, 3.63) is 35.4 Å². The topological polar surface area (TPSA) is 46.3 Å². The van der Waals surface area contributed by atoms with E-state index in [0.717, 1.165) is 18.7 Å². The molecule has 18 heavy (non-hydrogen) atoms. The first-order valence-corrected chi connectivity index (χ1v) is 6.51. The van der Waals surface area contributed by atoms with Gasteiger partial charge in [0.2, 0.25) is 0 Å². The molecular formula is C15H22N2O. The van der Waals surface area contributed by atoms with Crippen molar-refractivity contribution in [1.82, 2.24) is 4.90 Å². The van der Waals surface area contributed by atoms with E-state index in [-0.39, 0.29) is 11.3 Å². The van der Waals surface area contributed by atoms with Gasteiger partial charge in [0.25, 0.3) is 5.91 Å². The van der Waals surface area contributed by atoms with Crippen LogP contribution in [0.15, 0.2) is 24.3 Å². The third-order valence-corrected chi connectivity index (χ3v) is 3.58. The van der Waals surface area contributed by atoms with E-state index in [4.69, 9.17) is 5.73 Å². The standard InChI is InChI=1S/C15H22N2O/c1-15(2,3)13-6-4-12(5-7-13)14(18)17-9-11(8-16)10-17/h4-7,11H,8-10,16H2,1-3H3. The summed E-state index contributed by atoms with van der Waals surface area (Å²) in [7, 11) is 0. The number of carbonyl (C=O) groups is 1. The summed E-state index contributed by atoms with van der Waals surface area (Å²) in [5.41, 5.74) is 7.72. The maximum absolute atomic E-state index is 12.1. The third-order valence-electron chi connectivity index (χ3n) is 3.58. The number of amides is 1. The van der Waals surface area contributed by atoms with Gasteiger partial charge in [-0.3, -0.25) is 4.79 Å². The monoisotopic (exact) mass is 246 g/mol. The van der Waals surface area contributed by atoms with Gasteiger partial charge < -0.3 is 10.6 Å². The molecule has 1 aliphatic rings. The zero-order valence-electron chi connectivity index (χ0n) is 11.4. The van der Waals surface area contributed by atoms with Crippen LogP contribution in [0.2, 0.25) is 0 Å². The predicted octanol–water partition coefficient (Wildman–Crippen LogP) is 2.01. The molecule has 1 saturated heterocycles. The molecule has 3 nitrogen and oxygen atoms in total. The molecule has 0 unspecified atom stereocenters. The third kappa shape index (κ3) is 2.56. The summed E-state index contributed by atoms with van der Waals surface area (Å²) in [4.78, 5) is 14.0. The maximum atomic E-state index is 12.1. The lowest BCUT2D eigenvalue weighted by Crippen LogP contribution is -2.52. The number of hydrogen-bond acceptors (Lipinski definition) is 2. The maximum Gasteiger partial charge on any atom is 0.253 e. The van der Waals surface area contributed by atoms with Crippen LogP contribution in [0, 0.1) is 5.92 Å². The smallest absolute Gasteiger partial charge is 0.253 e. The Bertz CT molecular complexity index is 425. The number of nitrogens with two attached hydrogens (primary N) is 1. The van der Waals surface area contributed by atoms with E-state index in [0.29, 0.717) is 12.5 Å². The van der Waals surface area contributed by atoms with E-state index in [1.165, 1.54) is 5.56 Å². The fraction of sp³-hybridized carbons (Fsp3) is 0.533. The zero-order chi connectivity index (χ0) is 13.3. The first kappa shape index (κ1) is 13.1. The highest BCUT2D eigenvalue weighted by Crippen LogP contribution is 2.23. The first-order chi connectivity index (χ1) is 8.41. The predicted molar refractivity (Wildman–Crippen MR) is 73.6 cm³/mol. The molecule has 0 spiro atoms. The van der Waals surface area contributed by atoms with Crippen LogP contribution in [0.1, 0.15) is 36.7 Å². The Kier molecular flexibility index (Phi) is 3.44. The van der Waals surface area contributed by atoms with Gasteiger partial charge in [-0.05, 0) is 29.7 Å². The van der Waals surface area contributed by atoms with Crippen molar-refractivity contribution < 1.29 is 4.79 Å². The van der Waals surface area contributed by atoms with Gasteiger partial charge >= 0.3 is 0 Å². The van der Waals surface area contributed by atoms with Crippen molar-refractivity contribution in [3.8, 4) is 0 Å². The molecule has 2 N–H and O–H groups in total. The Balaban J connectivity index is 2.04. The molecule has 0 aromatic heterocycles. The minimum atomic E-state index is 0.125. The molecule has 98 valence electrons. The lowest BCUT2D eigenvalue weighted by molar-refractivity contribution is 0.0515. The van der Waals surface area contributed by atoms with Crippen LogP contribution in [-0.4, -0.2) is 30.4 Å².